The summed E-state index contributed by atoms with van der Waals surface area (Å²) in [6.07, 6.45) is 5.05. The van der Waals surface area contributed by atoms with Crippen LogP contribution in [-0.4, -0.2) is 35.8 Å². The molecule has 2 heterocycles. The molecule has 1 amide bonds. The summed E-state index contributed by atoms with van der Waals surface area (Å²) >= 11 is 16.4. The van der Waals surface area contributed by atoms with Gasteiger partial charge in [0, 0.05) is 24.7 Å². The number of halogens is 3. The van der Waals surface area contributed by atoms with Gasteiger partial charge in [-0.3, -0.25) is 0 Å². The third-order valence-corrected chi connectivity index (χ3v) is 8.45. The second-order valence-corrected chi connectivity index (χ2v) is 12.0. The number of hydrogen-bond acceptors (Lipinski definition) is 4. The second kappa shape index (κ2) is 9.87. The van der Waals surface area contributed by atoms with Crippen molar-refractivity contribution in [3.8, 4) is 11.3 Å². The molecule has 8 heteroatoms. The minimum Gasteiger partial charge on any atom is -0.444 e. The lowest BCUT2D eigenvalue weighted by atomic mass is 9.74. The molecular weight excluding hydrogens is 537 g/mol. The highest BCUT2D eigenvalue weighted by atomic mass is 79.9. The Morgan fingerprint density at radius 2 is 1.94 bits per heavy atom. The lowest BCUT2D eigenvalue weighted by Crippen LogP contribution is -2.51. The van der Waals surface area contributed by atoms with Crippen molar-refractivity contribution in [3.05, 3.63) is 44.5 Å². The van der Waals surface area contributed by atoms with E-state index in [4.69, 9.17) is 32.9 Å². The summed E-state index contributed by atoms with van der Waals surface area (Å²) in [5, 5.41) is 4.22. The van der Waals surface area contributed by atoms with Gasteiger partial charge in [0.1, 0.15) is 10.2 Å². The summed E-state index contributed by atoms with van der Waals surface area (Å²) in [7, 11) is 0. The third kappa shape index (κ3) is 5.34. The van der Waals surface area contributed by atoms with Crippen LogP contribution >= 0.6 is 39.1 Å². The number of ether oxygens (including phenoxy) is 1. The molecule has 184 valence electrons. The number of carbonyl (C=O) groups excluding carboxylic acids is 1. The SMILES string of the molecule is Cc1cc(N2CCC3(CCC[C@H]3NC(=O)OC(C)(C)C)CC2)c(Br)nc1-c1cccc(Cl)c1Cl. The highest BCUT2D eigenvalue weighted by Crippen LogP contribution is 2.48. The van der Waals surface area contributed by atoms with E-state index in [0.29, 0.717) is 10.0 Å². The monoisotopic (exact) mass is 567 g/mol. The molecule has 1 atom stereocenters. The molecule has 1 saturated carbocycles. The van der Waals surface area contributed by atoms with Crippen LogP contribution in [0.1, 0.15) is 58.4 Å². The number of piperidine rings is 1. The van der Waals surface area contributed by atoms with E-state index in [-0.39, 0.29) is 17.6 Å². The van der Waals surface area contributed by atoms with Crippen molar-refractivity contribution in [1.29, 1.82) is 0 Å². The molecule has 1 aromatic heterocycles. The molecule has 0 unspecified atom stereocenters. The first-order chi connectivity index (χ1) is 16.0. The van der Waals surface area contributed by atoms with Crippen molar-refractivity contribution in [2.24, 2.45) is 5.41 Å². The third-order valence-electron chi connectivity index (χ3n) is 7.05. The molecule has 0 radical (unpaired) electrons. The van der Waals surface area contributed by atoms with E-state index in [9.17, 15) is 4.79 Å². The van der Waals surface area contributed by atoms with Crippen molar-refractivity contribution < 1.29 is 9.53 Å². The van der Waals surface area contributed by atoms with E-state index in [1.54, 1.807) is 6.07 Å². The van der Waals surface area contributed by atoms with E-state index in [1.165, 1.54) is 0 Å². The van der Waals surface area contributed by atoms with Gasteiger partial charge in [0.05, 0.1) is 21.4 Å². The molecule has 2 aliphatic rings. The number of hydrogen-bond donors (Lipinski definition) is 1. The van der Waals surface area contributed by atoms with Crippen LogP contribution in [0.5, 0.6) is 0 Å². The van der Waals surface area contributed by atoms with Crippen LogP contribution in [0.25, 0.3) is 11.3 Å². The fraction of sp³-hybridized carbons (Fsp3) is 0.538. The number of benzene rings is 1. The molecule has 1 saturated heterocycles. The van der Waals surface area contributed by atoms with Crippen LogP contribution in [0.3, 0.4) is 0 Å². The molecule has 1 aliphatic heterocycles. The molecule has 4 rings (SSSR count). The standard InChI is InChI=1S/C26H32BrCl2N3O2/c1-16-15-19(23(27)31-22(16)17-7-5-8-18(28)21(17)29)32-13-11-26(12-14-32)10-6-9-20(26)30-24(33)34-25(2,3)4/h5,7-8,15,20H,6,9-14H2,1-4H3,(H,30,33)/t20-/m1/s1. The Kier molecular flexibility index (Phi) is 7.42. The van der Waals surface area contributed by atoms with Crippen molar-refractivity contribution in [2.45, 2.75) is 71.4 Å². The maximum atomic E-state index is 12.4. The van der Waals surface area contributed by atoms with E-state index in [0.717, 1.165) is 72.3 Å². The summed E-state index contributed by atoms with van der Waals surface area (Å²) in [5.74, 6) is 0. The number of anilines is 1. The van der Waals surface area contributed by atoms with Gasteiger partial charge in [-0.05, 0) is 92.4 Å². The molecule has 34 heavy (non-hydrogen) atoms. The van der Waals surface area contributed by atoms with Crippen LogP contribution in [-0.2, 0) is 4.74 Å². The van der Waals surface area contributed by atoms with Crippen LogP contribution in [0.15, 0.2) is 28.9 Å². The number of aryl methyl sites for hydroxylation is 1. The second-order valence-electron chi connectivity index (χ2n) is 10.5. The van der Waals surface area contributed by atoms with E-state index >= 15 is 0 Å². The molecule has 5 nitrogen and oxygen atoms in total. The number of alkyl carbamates (subject to hydrolysis) is 1. The zero-order chi connectivity index (χ0) is 24.7. The van der Waals surface area contributed by atoms with E-state index in [2.05, 4.69) is 39.1 Å². The van der Waals surface area contributed by atoms with Gasteiger partial charge >= 0.3 is 6.09 Å². The zero-order valence-corrected chi connectivity index (χ0v) is 23.3. The first-order valence-corrected chi connectivity index (χ1v) is 13.4. The molecule has 1 spiro atoms. The van der Waals surface area contributed by atoms with E-state index < -0.39 is 5.60 Å². The zero-order valence-electron chi connectivity index (χ0n) is 20.2. The van der Waals surface area contributed by atoms with Gasteiger partial charge in [0.2, 0.25) is 0 Å². The Hall–Kier alpha value is -1.50. The summed E-state index contributed by atoms with van der Waals surface area (Å²) in [6.45, 7) is 9.59. The number of amides is 1. The Balaban J connectivity index is 1.48. The fourth-order valence-electron chi connectivity index (χ4n) is 5.36. The van der Waals surface area contributed by atoms with Gasteiger partial charge < -0.3 is 15.0 Å². The first-order valence-electron chi connectivity index (χ1n) is 11.9. The predicted octanol–water partition coefficient (Wildman–Crippen LogP) is 7.79. The molecule has 1 aromatic carbocycles. The Bertz CT molecular complexity index is 1080. The van der Waals surface area contributed by atoms with Crippen molar-refractivity contribution in [2.75, 3.05) is 18.0 Å². The van der Waals surface area contributed by atoms with Gasteiger partial charge in [-0.2, -0.15) is 0 Å². The summed E-state index contributed by atoms with van der Waals surface area (Å²) in [4.78, 5) is 19.7. The maximum Gasteiger partial charge on any atom is 0.407 e. The predicted molar refractivity (Wildman–Crippen MR) is 143 cm³/mol. The van der Waals surface area contributed by atoms with Gasteiger partial charge in [0.25, 0.3) is 0 Å². The number of rotatable bonds is 3. The van der Waals surface area contributed by atoms with E-state index in [1.807, 2.05) is 32.9 Å². The Morgan fingerprint density at radius 1 is 1.24 bits per heavy atom. The molecule has 2 fully saturated rings. The smallest absolute Gasteiger partial charge is 0.407 e. The fourth-order valence-corrected chi connectivity index (χ4v) is 6.30. The van der Waals surface area contributed by atoms with Gasteiger partial charge in [-0.1, -0.05) is 41.8 Å². The molecule has 1 N–H and O–H groups in total. The number of carbonyl (C=O) groups is 1. The molecule has 0 bridgehead atoms. The van der Waals surface area contributed by atoms with Gasteiger partial charge in [-0.25, -0.2) is 9.78 Å². The Morgan fingerprint density at radius 3 is 2.62 bits per heavy atom. The molecule has 2 aromatic rings. The largest absolute Gasteiger partial charge is 0.444 e. The average Bonchev–Trinajstić information content (AvgIpc) is 3.12. The minimum atomic E-state index is -0.488. The maximum absolute atomic E-state index is 12.4. The van der Waals surface area contributed by atoms with Gasteiger partial charge in [0.15, 0.2) is 0 Å². The molecule has 1 aliphatic carbocycles. The highest BCUT2D eigenvalue weighted by molar-refractivity contribution is 9.10. The van der Waals surface area contributed by atoms with Gasteiger partial charge in [-0.15, -0.1) is 0 Å². The van der Waals surface area contributed by atoms with Crippen LogP contribution < -0.4 is 10.2 Å². The van der Waals surface area contributed by atoms with Crippen LogP contribution in [0.2, 0.25) is 10.0 Å². The average molecular weight is 569 g/mol. The quantitative estimate of drug-likeness (QED) is 0.384. The number of pyridine rings is 1. The highest BCUT2D eigenvalue weighted by Gasteiger charge is 2.46. The number of nitrogens with zero attached hydrogens (tertiary/aromatic N) is 2. The van der Waals surface area contributed by atoms with Crippen molar-refractivity contribution in [3.63, 3.8) is 0 Å². The van der Waals surface area contributed by atoms with Crippen LogP contribution in [0, 0.1) is 12.3 Å². The van der Waals surface area contributed by atoms with Crippen molar-refractivity contribution >= 4 is 50.9 Å². The summed E-state index contributed by atoms with van der Waals surface area (Å²) < 4.78 is 6.32. The molecular formula is C26H32BrCl2N3O2. The Labute approximate surface area is 220 Å². The summed E-state index contributed by atoms with van der Waals surface area (Å²) in [5.41, 5.74) is 3.44. The van der Waals surface area contributed by atoms with Crippen LogP contribution in [0.4, 0.5) is 10.5 Å². The lowest BCUT2D eigenvalue weighted by Gasteiger charge is -2.44. The number of aromatic nitrogens is 1. The lowest BCUT2D eigenvalue weighted by molar-refractivity contribution is 0.0442. The minimum absolute atomic E-state index is 0.136. The summed E-state index contributed by atoms with van der Waals surface area (Å²) in [6, 6.07) is 7.95. The number of nitrogens with one attached hydrogen (secondary N) is 1. The normalized spacial score (nSPS) is 20.0. The first kappa shape index (κ1) is 25.6. The van der Waals surface area contributed by atoms with Crippen molar-refractivity contribution in [1.82, 2.24) is 10.3 Å². The topological polar surface area (TPSA) is 54.5 Å².